The number of halogens is 2. The smallest absolute Gasteiger partial charge is 0.255 e. The predicted octanol–water partition coefficient (Wildman–Crippen LogP) is 5.19. The molecule has 0 radical (unpaired) electrons. The number of para-hydroxylation sites is 1. The second-order valence-electron chi connectivity index (χ2n) is 5.65. The van der Waals surface area contributed by atoms with E-state index >= 15 is 0 Å². The van der Waals surface area contributed by atoms with Crippen molar-refractivity contribution in [1.82, 2.24) is 0 Å². The zero-order valence-electron chi connectivity index (χ0n) is 12.7. The standard InChI is InChI=1S/C18H18ClIN2O/c19-15-8-5-9-16(17(15)22-10-2-1-3-11-22)21-18(23)13-6-4-7-14(20)12-13/h4-9,12H,1-3,10-11H2,(H,21,23). The van der Waals surface area contributed by atoms with Crippen LogP contribution in [0.3, 0.4) is 0 Å². The summed E-state index contributed by atoms with van der Waals surface area (Å²) >= 11 is 8.63. The summed E-state index contributed by atoms with van der Waals surface area (Å²) in [6.45, 7) is 1.96. The molecule has 5 heteroatoms. The first-order valence-corrected chi connectivity index (χ1v) is 9.21. The number of rotatable bonds is 3. The zero-order valence-corrected chi connectivity index (χ0v) is 15.6. The lowest BCUT2D eigenvalue weighted by molar-refractivity contribution is 0.102. The highest BCUT2D eigenvalue weighted by Crippen LogP contribution is 2.35. The largest absolute Gasteiger partial charge is 0.369 e. The van der Waals surface area contributed by atoms with Crippen molar-refractivity contribution >= 4 is 51.5 Å². The van der Waals surface area contributed by atoms with Crippen molar-refractivity contribution in [1.29, 1.82) is 0 Å². The number of nitrogens with zero attached hydrogens (tertiary/aromatic N) is 1. The summed E-state index contributed by atoms with van der Waals surface area (Å²) in [5.41, 5.74) is 2.37. The third kappa shape index (κ3) is 3.98. The summed E-state index contributed by atoms with van der Waals surface area (Å²) in [7, 11) is 0. The lowest BCUT2D eigenvalue weighted by Crippen LogP contribution is -2.30. The van der Waals surface area contributed by atoms with Gasteiger partial charge in [0.15, 0.2) is 0 Å². The van der Waals surface area contributed by atoms with Crippen LogP contribution in [0, 0.1) is 3.57 Å². The summed E-state index contributed by atoms with van der Waals surface area (Å²) in [4.78, 5) is 14.8. The maximum atomic E-state index is 12.5. The summed E-state index contributed by atoms with van der Waals surface area (Å²) in [6, 6.07) is 13.2. The van der Waals surface area contributed by atoms with Crippen LogP contribution in [-0.4, -0.2) is 19.0 Å². The molecule has 1 saturated heterocycles. The van der Waals surface area contributed by atoms with Crippen LogP contribution in [0.4, 0.5) is 11.4 Å². The SMILES string of the molecule is O=C(Nc1cccc(Cl)c1N1CCCCC1)c1cccc(I)c1. The number of benzene rings is 2. The average molecular weight is 441 g/mol. The van der Waals surface area contributed by atoms with Gasteiger partial charge in [0, 0.05) is 22.2 Å². The number of hydrogen-bond acceptors (Lipinski definition) is 2. The number of piperidine rings is 1. The van der Waals surface area contributed by atoms with Crippen molar-refractivity contribution in [3.8, 4) is 0 Å². The van der Waals surface area contributed by atoms with E-state index in [2.05, 4.69) is 32.8 Å². The third-order valence-electron chi connectivity index (χ3n) is 3.99. The average Bonchev–Trinajstić information content (AvgIpc) is 2.56. The molecular weight excluding hydrogens is 423 g/mol. The molecule has 1 heterocycles. The molecule has 1 amide bonds. The first-order chi connectivity index (χ1) is 11.1. The molecule has 1 N–H and O–H groups in total. The first kappa shape index (κ1) is 16.6. The van der Waals surface area contributed by atoms with Crippen LogP contribution in [0.1, 0.15) is 29.6 Å². The lowest BCUT2D eigenvalue weighted by atomic mass is 10.1. The molecule has 23 heavy (non-hydrogen) atoms. The van der Waals surface area contributed by atoms with E-state index in [4.69, 9.17) is 11.6 Å². The van der Waals surface area contributed by atoms with Crippen LogP contribution < -0.4 is 10.2 Å². The van der Waals surface area contributed by atoms with Crippen molar-refractivity contribution in [3.05, 3.63) is 56.6 Å². The van der Waals surface area contributed by atoms with Gasteiger partial charge in [0.25, 0.3) is 5.91 Å². The predicted molar refractivity (Wildman–Crippen MR) is 105 cm³/mol. The lowest BCUT2D eigenvalue weighted by Gasteiger charge is -2.31. The van der Waals surface area contributed by atoms with Gasteiger partial charge in [-0.1, -0.05) is 23.7 Å². The zero-order chi connectivity index (χ0) is 16.2. The van der Waals surface area contributed by atoms with Crippen molar-refractivity contribution in [2.45, 2.75) is 19.3 Å². The minimum absolute atomic E-state index is 0.107. The molecule has 0 aliphatic carbocycles. The van der Waals surface area contributed by atoms with E-state index in [9.17, 15) is 4.79 Å². The minimum Gasteiger partial charge on any atom is -0.369 e. The van der Waals surface area contributed by atoms with Gasteiger partial charge in [0.05, 0.1) is 16.4 Å². The summed E-state index contributed by atoms with van der Waals surface area (Å²) < 4.78 is 1.04. The Morgan fingerprint density at radius 3 is 2.57 bits per heavy atom. The molecule has 3 rings (SSSR count). The quantitative estimate of drug-likeness (QED) is 0.667. The van der Waals surface area contributed by atoms with Crippen molar-refractivity contribution in [3.63, 3.8) is 0 Å². The Labute approximate surface area is 155 Å². The number of carbonyl (C=O) groups excluding carboxylic acids is 1. The molecule has 0 aromatic heterocycles. The summed E-state index contributed by atoms with van der Waals surface area (Å²) in [5.74, 6) is -0.107. The van der Waals surface area contributed by atoms with E-state index in [1.54, 1.807) is 0 Å². The molecule has 0 bridgehead atoms. The highest BCUT2D eigenvalue weighted by molar-refractivity contribution is 14.1. The van der Waals surface area contributed by atoms with Gasteiger partial charge in [-0.3, -0.25) is 4.79 Å². The minimum atomic E-state index is -0.107. The second-order valence-corrected chi connectivity index (χ2v) is 7.30. The molecule has 0 unspecified atom stereocenters. The molecule has 1 fully saturated rings. The van der Waals surface area contributed by atoms with Crippen molar-refractivity contribution in [2.24, 2.45) is 0 Å². The van der Waals surface area contributed by atoms with E-state index in [1.165, 1.54) is 6.42 Å². The highest BCUT2D eigenvalue weighted by Gasteiger charge is 2.19. The molecule has 0 spiro atoms. The summed E-state index contributed by atoms with van der Waals surface area (Å²) in [5, 5.41) is 3.71. The fourth-order valence-electron chi connectivity index (χ4n) is 2.88. The number of nitrogens with one attached hydrogen (secondary N) is 1. The van der Waals surface area contributed by atoms with Crippen molar-refractivity contribution in [2.75, 3.05) is 23.3 Å². The topological polar surface area (TPSA) is 32.3 Å². The maximum Gasteiger partial charge on any atom is 0.255 e. The van der Waals surface area contributed by atoms with E-state index < -0.39 is 0 Å². The number of carbonyl (C=O) groups is 1. The van der Waals surface area contributed by atoms with Gasteiger partial charge in [-0.05, 0) is 72.2 Å². The highest BCUT2D eigenvalue weighted by atomic mass is 127. The number of hydrogen-bond donors (Lipinski definition) is 1. The van der Waals surface area contributed by atoms with Crippen LogP contribution in [0.15, 0.2) is 42.5 Å². The second kappa shape index (κ2) is 7.53. The Hall–Kier alpha value is -1.27. The molecule has 1 aliphatic heterocycles. The van der Waals surface area contributed by atoms with Crippen LogP contribution >= 0.6 is 34.2 Å². The first-order valence-electron chi connectivity index (χ1n) is 7.75. The number of amides is 1. The molecular formula is C18H18ClIN2O. The Balaban J connectivity index is 1.87. The van der Waals surface area contributed by atoms with Gasteiger partial charge in [-0.15, -0.1) is 0 Å². The normalized spacial score (nSPS) is 14.6. The summed E-state index contributed by atoms with van der Waals surface area (Å²) in [6.07, 6.45) is 3.58. The molecule has 3 nitrogen and oxygen atoms in total. The fourth-order valence-corrected chi connectivity index (χ4v) is 3.72. The molecule has 0 saturated carbocycles. The van der Waals surface area contributed by atoms with E-state index in [-0.39, 0.29) is 5.91 Å². The van der Waals surface area contributed by atoms with Gasteiger partial charge >= 0.3 is 0 Å². The molecule has 120 valence electrons. The Kier molecular flexibility index (Phi) is 5.43. The van der Waals surface area contributed by atoms with Crippen LogP contribution in [-0.2, 0) is 0 Å². The van der Waals surface area contributed by atoms with Gasteiger partial charge in [0.2, 0.25) is 0 Å². The van der Waals surface area contributed by atoms with Crippen LogP contribution in [0.5, 0.6) is 0 Å². The fraction of sp³-hybridized carbons (Fsp3) is 0.278. The molecule has 0 atom stereocenters. The third-order valence-corrected chi connectivity index (χ3v) is 4.97. The van der Waals surface area contributed by atoms with Gasteiger partial charge in [-0.25, -0.2) is 0 Å². The van der Waals surface area contributed by atoms with Gasteiger partial charge < -0.3 is 10.2 Å². The van der Waals surface area contributed by atoms with E-state index in [0.717, 1.165) is 40.9 Å². The van der Waals surface area contributed by atoms with Crippen LogP contribution in [0.25, 0.3) is 0 Å². The molecule has 2 aromatic carbocycles. The Morgan fingerprint density at radius 2 is 1.83 bits per heavy atom. The van der Waals surface area contributed by atoms with Gasteiger partial charge in [0.1, 0.15) is 0 Å². The van der Waals surface area contributed by atoms with Crippen LogP contribution in [0.2, 0.25) is 5.02 Å². The van der Waals surface area contributed by atoms with Crippen molar-refractivity contribution < 1.29 is 4.79 Å². The Bertz CT molecular complexity index is 714. The molecule has 2 aromatic rings. The van der Waals surface area contributed by atoms with E-state index in [1.807, 2.05) is 42.5 Å². The molecule has 1 aliphatic rings. The monoisotopic (exact) mass is 440 g/mol. The number of anilines is 2. The van der Waals surface area contributed by atoms with E-state index in [0.29, 0.717) is 10.6 Å². The van der Waals surface area contributed by atoms with Gasteiger partial charge in [-0.2, -0.15) is 0 Å². The maximum absolute atomic E-state index is 12.5. The Morgan fingerprint density at radius 1 is 1.09 bits per heavy atom.